The van der Waals surface area contributed by atoms with E-state index in [1.165, 1.54) is 16.9 Å². The molecular formula is C15H16BrNO2S. The van der Waals surface area contributed by atoms with Gasteiger partial charge in [-0.3, -0.25) is 0 Å². The third-order valence-corrected chi connectivity index (χ3v) is 4.52. The lowest BCUT2D eigenvalue weighted by molar-refractivity contribution is -0.144. The highest BCUT2D eigenvalue weighted by Gasteiger charge is 2.23. The molecule has 0 aliphatic heterocycles. The van der Waals surface area contributed by atoms with Crippen LogP contribution < -0.4 is 5.32 Å². The Morgan fingerprint density at radius 2 is 2.10 bits per heavy atom. The van der Waals surface area contributed by atoms with Crippen molar-refractivity contribution in [1.29, 1.82) is 0 Å². The number of esters is 1. The molecule has 0 aliphatic carbocycles. The van der Waals surface area contributed by atoms with Crippen LogP contribution >= 0.6 is 27.3 Å². The molecule has 20 heavy (non-hydrogen) atoms. The summed E-state index contributed by atoms with van der Waals surface area (Å²) in [7, 11) is 0. The normalized spacial score (nSPS) is 11.9. The monoisotopic (exact) mass is 353 g/mol. The van der Waals surface area contributed by atoms with E-state index >= 15 is 0 Å². The number of hydrogen-bond donors (Lipinski definition) is 1. The molecule has 1 aromatic heterocycles. The smallest absolute Gasteiger partial charge is 0.334 e. The van der Waals surface area contributed by atoms with E-state index in [4.69, 9.17) is 4.74 Å². The van der Waals surface area contributed by atoms with Gasteiger partial charge < -0.3 is 10.1 Å². The van der Waals surface area contributed by atoms with Crippen molar-refractivity contribution in [3.05, 3.63) is 50.6 Å². The van der Waals surface area contributed by atoms with Crippen LogP contribution in [-0.4, -0.2) is 12.6 Å². The molecule has 0 bridgehead atoms. The Kier molecular flexibility index (Phi) is 5.20. The Bertz CT molecular complexity index is 580. The topological polar surface area (TPSA) is 38.3 Å². The quantitative estimate of drug-likeness (QED) is 0.802. The van der Waals surface area contributed by atoms with E-state index in [-0.39, 0.29) is 5.97 Å². The van der Waals surface area contributed by atoms with E-state index in [1.54, 1.807) is 0 Å². The fourth-order valence-electron chi connectivity index (χ4n) is 1.77. The van der Waals surface area contributed by atoms with Gasteiger partial charge in [-0.25, -0.2) is 4.79 Å². The van der Waals surface area contributed by atoms with Crippen LogP contribution in [0.15, 0.2) is 40.2 Å². The third-order valence-electron chi connectivity index (χ3n) is 2.76. The average Bonchev–Trinajstić information content (AvgIpc) is 2.84. The Labute approximate surface area is 131 Å². The standard InChI is InChI=1S/C15H16BrNO2S/c1-3-19-15(18)14(13-8-11(16)9-20-13)17-12-6-4-10(2)5-7-12/h4-9,14,17H,3H2,1-2H3. The van der Waals surface area contributed by atoms with Crippen molar-refractivity contribution in [3.8, 4) is 0 Å². The Morgan fingerprint density at radius 3 is 2.65 bits per heavy atom. The van der Waals surface area contributed by atoms with Gasteiger partial charge >= 0.3 is 5.97 Å². The molecule has 1 aromatic carbocycles. The summed E-state index contributed by atoms with van der Waals surface area (Å²) in [5, 5.41) is 5.19. The molecule has 1 unspecified atom stereocenters. The minimum absolute atomic E-state index is 0.262. The van der Waals surface area contributed by atoms with Gasteiger partial charge in [0.2, 0.25) is 0 Å². The highest BCUT2D eigenvalue weighted by Crippen LogP contribution is 2.29. The predicted molar refractivity (Wildman–Crippen MR) is 86.2 cm³/mol. The molecule has 0 spiro atoms. The number of carbonyl (C=O) groups excluding carboxylic acids is 1. The lowest BCUT2D eigenvalue weighted by atomic mass is 10.2. The first-order chi connectivity index (χ1) is 9.60. The van der Waals surface area contributed by atoms with Crippen molar-refractivity contribution in [1.82, 2.24) is 0 Å². The molecule has 2 aromatic rings. The number of nitrogens with one attached hydrogen (secondary N) is 1. The maximum Gasteiger partial charge on any atom is 0.334 e. The van der Waals surface area contributed by atoms with E-state index in [1.807, 2.05) is 49.6 Å². The predicted octanol–water partition coefficient (Wildman–Crippen LogP) is 4.54. The molecule has 1 N–H and O–H groups in total. The summed E-state index contributed by atoms with van der Waals surface area (Å²) in [6.07, 6.45) is 0. The van der Waals surface area contributed by atoms with Gasteiger partial charge in [-0.15, -0.1) is 11.3 Å². The largest absolute Gasteiger partial charge is 0.464 e. The first kappa shape index (κ1) is 15.1. The Balaban J connectivity index is 2.22. The molecule has 1 heterocycles. The lowest BCUT2D eigenvalue weighted by Gasteiger charge is -2.17. The molecule has 5 heteroatoms. The number of hydrogen-bond acceptors (Lipinski definition) is 4. The minimum atomic E-state index is -0.478. The number of halogens is 1. The Morgan fingerprint density at radius 1 is 1.40 bits per heavy atom. The fourth-order valence-corrected chi connectivity index (χ4v) is 3.25. The van der Waals surface area contributed by atoms with E-state index in [9.17, 15) is 4.79 Å². The van der Waals surface area contributed by atoms with Crippen molar-refractivity contribution >= 4 is 38.9 Å². The van der Waals surface area contributed by atoms with Gasteiger partial charge in [-0.1, -0.05) is 17.7 Å². The zero-order chi connectivity index (χ0) is 14.5. The molecule has 1 atom stereocenters. The number of aryl methyl sites for hydroxylation is 1. The van der Waals surface area contributed by atoms with E-state index in [0.29, 0.717) is 6.61 Å². The molecule has 0 radical (unpaired) electrons. The van der Waals surface area contributed by atoms with Crippen LogP contribution in [0.25, 0.3) is 0 Å². The van der Waals surface area contributed by atoms with E-state index in [2.05, 4.69) is 21.2 Å². The SMILES string of the molecule is CCOC(=O)C(Nc1ccc(C)cc1)c1cc(Br)cs1. The number of benzene rings is 1. The number of thiophene rings is 1. The fraction of sp³-hybridized carbons (Fsp3) is 0.267. The van der Waals surface area contributed by atoms with Gasteiger partial charge in [0.05, 0.1) is 6.61 Å². The number of rotatable bonds is 5. The molecule has 0 amide bonds. The summed E-state index contributed by atoms with van der Waals surface area (Å²) in [4.78, 5) is 13.1. The molecule has 3 nitrogen and oxygen atoms in total. The zero-order valence-electron chi connectivity index (χ0n) is 11.4. The second-order valence-corrected chi connectivity index (χ2v) is 6.22. The second-order valence-electron chi connectivity index (χ2n) is 4.36. The van der Waals surface area contributed by atoms with Crippen LogP contribution in [0, 0.1) is 6.92 Å². The molecule has 0 fully saturated rings. The van der Waals surface area contributed by atoms with Gasteiger partial charge in [-0.2, -0.15) is 0 Å². The number of carbonyl (C=O) groups is 1. The summed E-state index contributed by atoms with van der Waals surface area (Å²) >= 11 is 4.94. The van der Waals surface area contributed by atoms with Crippen LogP contribution in [0.2, 0.25) is 0 Å². The van der Waals surface area contributed by atoms with Crippen LogP contribution in [0.1, 0.15) is 23.4 Å². The van der Waals surface area contributed by atoms with Gasteiger partial charge in [0.1, 0.15) is 0 Å². The maximum absolute atomic E-state index is 12.1. The lowest BCUT2D eigenvalue weighted by Crippen LogP contribution is -2.22. The van der Waals surface area contributed by atoms with Gasteiger partial charge in [0.15, 0.2) is 6.04 Å². The number of anilines is 1. The minimum Gasteiger partial charge on any atom is -0.464 e. The van der Waals surface area contributed by atoms with Gasteiger partial charge in [0.25, 0.3) is 0 Å². The molecule has 0 saturated heterocycles. The molecule has 2 rings (SSSR count). The first-order valence-electron chi connectivity index (χ1n) is 6.34. The van der Waals surface area contributed by atoms with Crippen molar-refractivity contribution in [2.24, 2.45) is 0 Å². The van der Waals surface area contributed by atoms with Crippen LogP contribution in [0.3, 0.4) is 0 Å². The first-order valence-corrected chi connectivity index (χ1v) is 8.01. The van der Waals surface area contributed by atoms with Crippen LogP contribution in [0.5, 0.6) is 0 Å². The van der Waals surface area contributed by atoms with E-state index in [0.717, 1.165) is 15.0 Å². The maximum atomic E-state index is 12.1. The van der Waals surface area contributed by atoms with Crippen LogP contribution in [0.4, 0.5) is 5.69 Å². The molecule has 106 valence electrons. The van der Waals surface area contributed by atoms with Crippen molar-refractivity contribution < 1.29 is 9.53 Å². The highest BCUT2D eigenvalue weighted by atomic mass is 79.9. The van der Waals surface area contributed by atoms with Crippen molar-refractivity contribution in [2.75, 3.05) is 11.9 Å². The second kappa shape index (κ2) is 6.90. The van der Waals surface area contributed by atoms with Crippen molar-refractivity contribution in [2.45, 2.75) is 19.9 Å². The summed E-state index contributed by atoms with van der Waals surface area (Å²) in [5.41, 5.74) is 2.08. The van der Waals surface area contributed by atoms with Gasteiger partial charge in [0, 0.05) is 20.4 Å². The third kappa shape index (κ3) is 3.84. The molecular weight excluding hydrogens is 338 g/mol. The average molecular weight is 354 g/mol. The van der Waals surface area contributed by atoms with E-state index < -0.39 is 6.04 Å². The molecule has 0 aliphatic rings. The zero-order valence-corrected chi connectivity index (χ0v) is 13.8. The summed E-state index contributed by atoms with van der Waals surface area (Å²) in [6.45, 7) is 4.21. The highest BCUT2D eigenvalue weighted by molar-refractivity contribution is 9.10. The van der Waals surface area contributed by atoms with Gasteiger partial charge in [-0.05, 0) is 48.0 Å². The summed E-state index contributed by atoms with van der Waals surface area (Å²) < 4.78 is 6.12. The summed E-state index contributed by atoms with van der Waals surface area (Å²) in [6, 6.07) is 9.40. The summed E-state index contributed by atoms with van der Waals surface area (Å²) in [5.74, 6) is -0.262. The van der Waals surface area contributed by atoms with Crippen LogP contribution in [-0.2, 0) is 9.53 Å². The van der Waals surface area contributed by atoms with Crippen molar-refractivity contribution in [3.63, 3.8) is 0 Å². The molecule has 0 saturated carbocycles. The number of ether oxygens (including phenoxy) is 1. The Hall–Kier alpha value is -1.33.